The minimum Gasteiger partial charge on any atom is -0.307 e. The van der Waals surface area contributed by atoms with Gasteiger partial charge in [-0.25, -0.2) is 9.37 Å². The molecule has 86 valence electrons. The molecule has 0 fully saturated rings. The van der Waals surface area contributed by atoms with Gasteiger partial charge in [-0.3, -0.25) is 4.79 Å². The molecule has 2 rings (SSSR count). The fourth-order valence-corrected chi connectivity index (χ4v) is 1.42. The van der Waals surface area contributed by atoms with Gasteiger partial charge in [0.25, 0.3) is 5.91 Å². The maximum Gasteiger partial charge on any atom is 0.256 e. The molecular formula is C13H11FN2O. The Bertz CT molecular complexity index is 537. The highest BCUT2D eigenvalue weighted by atomic mass is 19.1. The summed E-state index contributed by atoms with van der Waals surface area (Å²) in [5.41, 5.74) is 1.56. The van der Waals surface area contributed by atoms with Crippen molar-refractivity contribution in [2.75, 3.05) is 5.32 Å². The van der Waals surface area contributed by atoms with Crippen molar-refractivity contribution in [1.82, 2.24) is 4.98 Å². The zero-order valence-corrected chi connectivity index (χ0v) is 9.27. The van der Waals surface area contributed by atoms with E-state index in [2.05, 4.69) is 10.3 Å². The van der Waals surface area contributed by atoms with E-state index in [4.69, 9.17) is 0 Å². The van der Waals surface area contributed by atoms with Gasteiger partial charge in [-0.05, 0) is 31.2 Å². The SMILES string of the molecule is Cc1cccc(C(=O)Nc2ccc(F)cn2)c1. The molecule has 4 heteroatoms. The van der Waals surface area contributed by atoms with E-state index in [1.165, 1.54) is 12.1 Å². The zero-order valence-electron chi connectivity index (χ0n) is 9.27. The standard InChI is InChI=1S/C13H11FN2O/c1-9-3-2-4-10(7-9)13(17)16-12-6-5-11(14)8-15-12/h2-8H,1H3,(H,15,16,17). The van der Waals surface area contributed by atoms with Crippen LogP contribution in [0, 0.1) is 12.7 Å². The number of anilines is 1. The summed E-state index contributed by atoms with van der Waals surface area (Å²) in [4.78, 5) is 15.6. The molecule has 0 atom stereocenters. The second kappa shape index (κ2) is 4.74. The quantitative estimate of drug-likeness (QED) is 0.861. The van der Waals surface area contributed by atoms with Crippen LogP contribution in [-0.4, -0.2) is 10.9 Å². The summed E-state index contributed by atoms with van der Waals surface area (Å²) in [5, 5.41) is 2.60. The van der Waals surface area contributed by atoms with Gasteiger partial charge in [0, 0.05) is 5.56 Å². The maximum absolute atomic E-state index is 12.6. The normalized spacial score (nSPS) is 10.0. The smallest absolute Gasteiger partial charge is 0.256 e. The molecule has 0 radical (unpaired) electrons. The van der Waals surface area contributed by atoms with E-state index in [1.54, 1.807) is 12.1 Å². The lowest BCUT2D eigenvalue weighted by Gasteiger charge is -2.04. The van der Waals surface area contributed by atoms with E-state index >= 15 is 0 Å². The summed E-state index contributed by atoms with van der Waals surface area (Å²) in [7, 11) is 0. The number of halogens is 1. The predicted octanol–water partition coefficient (Wildman–Crippen LogP) is 2.78. The molecule has 0 unspecified atom stereocenters. The van der Waals surface area contributed by atoms with E-state index in [0.29, 0.717) is 11.4 Å². The number of amides is 1. The second-order valence-electron chi connectivity index (χ2n) is 3.69. The van der Waals surface area contributed by atoms with E-state index in [-0.39, 0.29) is 5.91 Å². The Kier molecular flexibility index (Phi) is 3.14. The van der Waals surface area contributed by atoms with Gasteiger partial charge in [-0.1, -0.05) is 17.7 Å². The topological polar surface area (TPSA) is 42.0 Å². The monoisotopic (exact) mass is 230 g/mol. The molecule has 0 bridgehead atoms. The molecule has 0 spiro atoms. The lowest BCUT2D eigenvalue weighted by atomic mass is 10.1. The van der Waals surface area contributed by atoms with Gasteiger partial charge in [0.15, 0.2) is 0 Å². The first-order chi connectivity index (χ1) is 8.15. The number of aryl methyl sites for hydroxylation is 1. The lowest BCUT2D eigenvalue weighted by Crippen LogP contribution is -2.12. The number of nitrogens with one attached hydrogen (secondary N) is 1. The summed E-state index contributed by atoms with van der Waals surface area (Å²) >= 11 is 0. The fourth-order valence-electron chi connectivity index (χ4n) is 1.42. The van der Waals surface area contributed by atoms with Crippen LogP contribution in [0.15, 0.2) is 42.6 Å². The number of carbonyl (C=O) groups excluding carboxylic acids is 1. The van der Waals surface area contributed by atoms with E-state index in [0.717, 1.165) is 11.8 Å². The molecule has 0 aliphatic carbocycles. The Labute approximate surface area is 98.3 Å². The molecule has 17 heavy (non-hydrogen) atoms. The number of hydrogen-bond donors (Lipinski definition) is 1. The Hall–Kier alpha value is -2.23. The molecule has 1 amide bonds. The van der Waals surface area contributed by atoms with Crippen LogP contribution in [-0.2, 0) is 0 Å². The van der Waals surface area contributed by atoms with Crippen LogP contribution in [0.25, 0.3) is 0 Å². The van der Waals surface area contributed by atoms with Gasteiger partial charge in [0.1, 0.15) is 11.6 Å². The maximum atomic E-state index is 12.6. The molecule has 0 saturated heterocycles. The molecule has 1 aromatic carbocycles. The lowest BCUT2D eigenvalue weighted by molar-refractivity contribution is 0.102. The molecule has 1 aromatic heterocycles. The highest BCUT2D eigenvalue weighted by Gasteiger charge is 2.06. The third-order valence-corrected chi connectivity index (χ3v) is 2.25. The third kappa shape index (κ3) is 2.87. The Morgan fingerprint density at radius 1 is 1.29 bits per heavy atom. The fraction of sp³-hybridized carbons (Fsp3) is 0.0769. The number of pyridine rings is 1. The molecule has 1 N–H and O–H groups in total. The van der Waals surface area contributed by atoms with Crippen LogP contribution in [0.1, 0.15) is 15.9 Å². The van der Waals surface area contributed by atoms with E-state index in [1.807, 2.05) is 19.1 Å². The Morgan fingerprint density at radius 3 is 2.76 bits per heavy atom. The van der Waals surface area contributed by atoms with Crippen LogP contribution in [0.4, 0.5) is 10.2 Å². The first-order valence-corrected chi connectivity index (χ1v) is 5.15. The predicted molar refractivity (Wildman–Crippen MR) is 63.3 cm³/mol. The Balaban J connectivity index is 2.14. The van der Waals surface area contributed by atoms with Crippen LogP contribution < -0.4 is 5.32 Å². The van der Waals surface area contributed by atoms with Crippen LogP contribution in [0.5, 0.6) is 0 Å². The van der Waals surface area contributed by atoms with Crippen molar-refractivity contribution in [3.63, 3.8) is 0 Å². The highest BCUT2D eigenvalue weighted by molar-refractivity contribution is 6.03. The van der Waals surface area contributed by atoms with Gasteiger partial charge in [0.05, 0.1) is 6.20 Å². The minimum atomic E-state index is -0.432. The van der Waals surface area contributed by atoms with Crippen LogP contribution in [0.2, 0.25) is 0 Å². The van der Waals surface area contributed by atoms with Crippen molar-refractivity contribution in [2.24, 2.45) is 0 Å². The molecule has 3 nitrogen and oxygen atoms in total. The summed E-state index contributed by atoms with van der Waals surface area (Å²) in [6.45, 7) is 1.91. The number of aromatic nitrogens is 1. The molecule has 0 saturated carbocycles. The van der Waals surface area contributed by atoms with E-state index in [9.17, 15) is 9.18 Å². The van der Waals surface area contributed by atoms with Crippen molar-refractivity contribution in [3.05, 3.63) is 59.5 Å². The van der Waals surface area contributed by atoms with Crippen LogP contribution in [0.3, 0.4) is 0 Å². The number of benzene rings is 1. The van der Waals surface area contributed by atoms with Crippen molar-refractivity contribution in [1.29, 1.82) is 0 Å². The zero-order chi connectivity index (χ0) is 12.3. The number of rotatable bonds is 2. The summed E-state index contributed by atoms with van der Waals surface area (Å²) in [5.74, 6) is -0.357. The van der Waals surface area contributed by atoms with Crippen molar-refractivity contribution < 1.29 is 9.18 Å². The number of nitrogens with zero attached hydrogens (tertiary/aromatic N) is 1. The van der Waals surface area contributed by atoms with Gasteiger partial charge in [-0.15, -0.1) is 0 Å². The van der Waals surface area contributed by atoms with Gasteiger partial charge in [-0.2, -0.15) is 0 Å². The average molecular weight is 230 g/mol. The van der Waals surface area contributed by atoms with Gasteiger partial charge < -0.3 is 5.32 Å². The summed E-state index contributed by atoms with van der Waals surface area (Å²) in [6, 6.07) is 9.88. The largest absolute Gasteiger partial charge is 0.307 e. The average Bonchev–Trinajstić information content (AvgIpc) is 2.32. The van der Waals surface area contributed by atoms with Gasteiger partial charge in [0.2, 0.25) is 0 Å². The second-order valence-corrected chi connectivity index (χ2v) is 3.69. The minimum absolute atomic E-state index is 0.257. The first-order valence-electron chi connectivity index (χ1n) is 5.15. The summed E-state index contributed by atoms with van der Waals surface area (Å²) in [6.07, 6.45) is 1.06. The Morgan fingerprint density at radius 2 is 2.12 bits per heavy atom. The molecule has 0 aliphatic rings. The van der Waals surface area contributed by atoms with Crippen LogP contribution >= 0.6 is 0 Å². The highest BCUT2D eigenvalue weighted by Crippen LogP contribution is 2.08. The molecule has 0 aliphatic heterocycles. The third-order valence-electron chi connectivity index (χ3n) is 2.25. The molecular weight excluding hydrogens is 219 g/mol. The van der Waals surface area contributed by atoms with Crippen molar-refractivity contribution in [3.8, 4) is 0 Å². The number of hydrogen-bond acceptors (Lipinski definition) is 2. The molecule has 1 heterocycles. The first kappa shape index (κ1) is 11.3. The van der Waals surface area contributed by atoms with Gasteiger partial charge >= 0.3 is 0 Å². The van der Waals surface area contributed by atoms with Crippen molar-refractivity contribution in [2.45, 2.75) is 6.92 Å². The molecule has 2 aromatic rings. The number of carbonyl (C=O) groups is 1. The van der Waals surface area contributed by atoms with Crippen molar-refractivity contribution >= 4 is 11.7 Å². The summed E-state index contributed by atoms with van der Waals surface area (Å²) < 4.78 is 12.6. The van der Waals surface area contributed by atoms with E-state index < -0.39 is 5.82 Å².